The lowest BCUT2D eigenvalue weighted by atomic mass is 9.49. The Morgan fingerprint density at radius 2 is 1.75 bits per heavy atom. The summed E-state index contributed by atoms with van der Waals surface area (Å²) in [4.78, 5) is 74.1. The van der Waals surface area contributed by atoms with Crippen molar-refractivity contribution in [3.8, 4) is 11.8 Å². The zero-order chi connectivity index (χ0) is 42.1. The predicted octanol–water partition coefficient (Wildman–Crippen LogP) is 4.78. The van der Waals surface area contributed by atoms with Gasteiger partial charge in [-0.15, -0.1) is 0 Å². The average Bonchev–Trinajstić information content (AvgIpc) is 3.47. The van der Waals surface area contributed by atoms with Crippen molar-refractivity contribution in [2.45, 2.75) is 78.0 Å². The summed E-state index contributed by atoms with van der Waals surface area (Å²) in [5.74, 6) is -0.757. The number of hydrogen-bond donors (Lipinski definition) is 2. The van der Waals surface area contributed by atoms with Crippen LogP contribution in [0.2, 0.25) is 5.02 Å². The van der Waals surface area contributed by atoms with Crippen LogP contribution >= 0.6 is 11.6 Å². The van der Waals surface area contributed by atoms with E-state index in [1.54, 1.807) is 36.5 Å². The highest BCUT2D eigenvalue weighted by Gasteiger charge is 2.64. The molecule has 310 valence electrons. The summed E-state index contributed by atoms with van der Waals surface area (Å²) < 4.78 is 12.3. The molecule has 3 aromatic rings. The molecule has 0 radical (unpaired) electrons. The van der Waals surface area contributed by atoms with E-state index in [0.29, 0.717) is 52.7 Å². The van der Waals surface area contributed by atoms with Gasteiger partial charge in [-0.3, -0.25) is 39.1 Å². The highest BCUT2D eigenvalue weighted by atomic mass is 35.5. The molecule has 7 rings (SSSR count). The lowest BCUT2D eigenvalue weighted by molar-refractivity contribution is -0.164. The lowest BCUT2D eigenvalue weighted by Gasteiger charge is -2.63. The van der Waals surface area contributed by atoms with Crippen LogP contribution in [-0.4, -0.2) is 108 Å². The SMILES string of the molecule is CC1(C)C(NC(=O)c2ccc(N3CCN(CCOCCCCc4cccc5c4C(=O)N([C@@H]4CCC(=O)NC4=O)C5=O)CC3)nc2)C(C)(C)C1Oc1ccc(C#N)c(Cl)c1. The van der Waals surface area contributed by atoms with Crippen molar-refractivity contribution >= 4 is 47.0 Å². The summed E-state index contributed by atoms with van der Waals surface area (Å²) in [7, 11) is 0. The van der Waals surface area contributed by atoms with E-state index in [1.165, 1.54) is 0 Å². The molecule has 3 fully saturated rings. The van der Waals surface area contributed by atoms with E-state index in [4.69, 9.17) is 21.1 Å². The normalized spacial score (nSPS) is 22.3. The molecule has 4 aliphatic rings. The van der Waals surface area contributed by atoms with Crippen LogP contribution in [0.25, 0.3) is 0 Å². The first kappa shape index (κ1) is 41.8. The van der Waals surface area contributed by atoms with Gasteiger partial charge in [0.05, 0.1) is 33.9 Å². The number of unbranched alkanes of at least 4 members (excludes halogenated alkanes) is 1. The van der Waals surface area contributed by atoms with E-state index in [2.05, 4.69) is 59.2 Å². The number of carbonyl (C=O) groups excluding carboxylic acids is 5. The number of nitriles is 1. The van der Waals surface area contributed by atoms with Crippen molar-refractivity contribution < 1.29 is 33.4 Å². The second-order valence-corrected chi connectivity index (χ2v) is 17.3. The van der Waals surface area contributed by atoms with Crippen molar-refractivity contribution in [2.24, 2.45) is 10.8 Å². The number of amides is 5. The first-order valence-corrected chi connectivity index (χ1v) is 20.6. The van der Waals surface area contributed by atoms with E-state index >= 15 is 0 Å². The fraction of sp³-hybridized carbons (Fsp3) is 0.477. The van der Waals surface area contributed by atoms with Crippen LogP contribution < -0.4 is 20.3 Å². The van der Waals surface area contributed by atoms with E-state index < -0.39 is 29.7 Å². The summed E-state index contributed by atoms with van der Waals surface area (Å²) in [6, 6.07) is 14.9. The maximum atomic E-state index is 13.4. The number of carbonyl (C=O) groups is 5. The Kier molecular flexibility index (Phi) is 12.1. The molecule has 0 unspecified atom stereocenters. The number of hydrogen-bond acceptors (Lipinski definition) is 11. The molecular weight excluding hydrogens is 774 g/mol. The second-order valence-electron chi connectivity index (χ2n) is 16.9. The monoisotopic (exact) mass is 823 g/mol. The number of piperazine rings is 1. The molecule has 59 heavy (non-hydrogen) atoms. The first-order valence-electron chi connectivity index (χ1n) is 20.2. The quantitative estimate of drug-likeness (QED) is 0.169. The van der Waals surface area contributed by atoms with Gasteiger partial charge >= 0.3 is 0 Å². The van der Waals surface area contributed by atoms with Crippen LogP contribution in [0.1, 0.15) is 95.6 Å². The summed E-state index contributed by atoms with van der Waals surface area (Å²) in [5.41, 5.74) is 1.56. The van der Waals surface area contributed by atoms with Crippen molar-refractivity contribution in [3.05, 3.63) is 87.6 Å². The lowest BCUT2D eigenvalue weighted by Crippen LogP contribution is -2.74. The number of halogens is 1. The van der Waals surface area contributed by atoms with Crippen LogP contribution in [0, 0.1) is 22.2 Å². The van der Waals surface area contributed by atoms with Gasteiger partial charge in [-0.1, -0.05) is 51.4 Å². The van der Waals surface area contributed by atoms with Crippen LogP contribution in [-0.2, 0) is 20.7 Å². The van der Waals surface area contributed by atoms with Crippen molar-refractivity contribution in [3.63, 3.8) is 0 Å². The minimum atomic E-state index is -0.979. The number of piperidine rings is 1. The topological polar surface area (TPSA) is 174 Å². The molecule has 0 bridgehead atoms. The maximum Gasteiger partial charge on any atom is 0.262 e. The van der Waals surface area contributed by atoms with Gasteiger partial charge in [-0.2, -0.15) is 5.26 Å². The molecule has 2 N–H and O–H groups in total. The minimum Gasteiger partial charge on any atom is -0.489 e. The summed E-state index contributed by atoms with van der Waals surface area (Å²) in [6.45, 7) is 13.6. The second kappa shape index (κ2) is 17.1. The molecule has 2 saturated heterocycles. The van der Waals surface area contributed by atoms with Gasteiger partial charge in [0.1, 0.15) is 29.8 Å². The molecule has 3 aliphatic heterocycles. The Balaban J connectivity index is 0.803. The van der Waals surface area contributed by atoms with Crippen LogP contribution in [0.3, 0.4) is 0 Å². The Bertz CT molecular complexity index is 2160. The summed E-state index contributed by atoms with van der Waals surface area (Å²) in [6.07, 6.45) is 3.80. The third-order valence-corrected chi connectivity index (χ3v) is 12.5. The molecule has 2 aromatic carbocycles. The zero-order valence-electron chi connectivity index (χ0n) is 33.9. The van der Waals surface area contributed by atoms with Crippen LogP contribution in [0.5, 0.6) is 5.75 Å². The Morgan fingerprint density at radius 1 is 0.983 bits per heavy atom. The van der Waals surface area contributed by atoms with Gasteiger partial charge in [-0.25, -0.2) is 4.98 Å². The number of pyridine rings is 1. The van der Waals surface area contributed by atoms with Gasteiger partial charge in [0, 0.05) is 74.9 Å². The maximum absolute atomic E-state index is 13.4. The Labute approximate surface area is 349 Å². The van der Waals surface area contributed by atoms with Crippen molar-refractivity contribution in [2.75, 3.05) is 50.8 Å². The molecule has 1 aromatic heterocycles. The Hall–Kier alpha value is -5.36. The van der Waals surface area contributed by atoms with Crippen LogP contribution in [0.4, 0.5) is 5.82 Å². The standard InChI is InChI=1S/C44H50ClN7O7/c1-43(2)41(44(3,4)42(43)59-30-13-11-28(25-46)32(45)24-30)49-37(54)29-12-15-34(47-26-29)51-19-17-50(18-20-51)21-23-58-22-6-5-8-27-9-7-10-31-36(27)40(57)52(39(31)56)33-14-16-35(53)48-38(33)55/h7,9-13,15,24,26,33,41-42H,5-6,8,14,16-23H2,1-4H3,(H,49,54)(H,48,53,55)/t33-,41?,42?/m1/s1. The molecule has 15 heteroatoms. The predicted molar refractivity (Wildman–Crippen MR) is 219 cm³/mol. The number of imide groups is 2. The highest BCUT2D eigenvalue weighted by Crippen LogP contribution is 2.55. The number of nitrogens with one attached hydrogen (secondary N) is 2. The molecule has 1 atom stereocenters. The highest BCUT2D eigenvalue weighted by molar-refractivity contribution is 6.31. The van der Waals surface area contributed by atoms with Crippen molar-refractivity contribution in [1.82, 2.24) is 25.4 Å². The third kappa shape index (κ3) is 8.42. The zero-order valence-corrected chi connectivity index (χ0v) is 34.6. The number of nitrogens with zero attached hydrogens (tertiary/aromatic N) is 5. The molecule has 1 saturated carbocycles. The summed E-state index contributed by atoms with van der Waals surface area (Å²) >= 11 is 6.24. The summed E-state index contributed by atoms with van der Waals surface area (Å²) in [5, 5.41) is 15.0. The van der Waals surface area contributed by atoms with Gasteiger partial charge in [0.15, 0.2) is 0 Å². The van der Waals surface area contributed by atoms with Crippen molar-refractivity contribution in [1.29, 1.82) is 5.26 Å². The molecule has 14 nitrogen and oxygen atoms in total. The number of benzene rings is 2. The minimum absolute atomic E-state index is 0.0847. The number of fused-ring (bicyclic) bond motifs is 1. The first-order chi connectivity index (χ1) is 28.2. The molecule has 0 spiro atoms. The fourth-order valence-corrected chi connectivity index (χ4v) is 9.54. The van der Waals surface area contributed by atoms with Gasteiger partial charge < -0.3 is 19.7 Å². The van der Waals surface area contributed by atoms with E-state index in [9.17, 15) is 29.2 Å². The van der Waals surface area contributed by atoms with E-state index in [1.807, 2.05) is 18.2 Å². The average molecular weight is 824 g/mol. The van der Waals surface area contributed by atoms with Crippen LogP contribution in [0.15, 0.2) is 54.7 Å². The van der Waals surface area contributed by atoms with E-state index in [-0.39, 0.29) is 41.7 Å². The van der Waals surface area contributed by atoms with E-state index in [0.717, 1.165) is 61.8 Å². The van der Waals surface area contributed by atoms with Gasteiger partial charge in [0.25, 0.3) is 17.7 Å². The Morgan fingerprint density at radius 3 is 2.42 bits per heavy atom. The largest absolute Gasteiger partial charge is 0.489 e. The third-order valence-electron chi connectivity index (χ3n) is 12.2. The van der Waals surface area contributed by atoms with Gasteiger partial charge in [0.2, 0.25) is 11.8 Å². The number of aryl methyl sites for hydroxylation is 1. The smallest absolute Gasteiger partial charge is 0.262 e. The molecule has 4 heterocycles. The number of rotatable bonds is 14. The number of anilines is 1. The molecule has 1 aliphatic carbocycles. The molecule has 5 amide bonds. The van der Waals surface area contributed by atoms with Gasteiger partial charge in [-0.05, 0) is 61.6 Å². The molecular formula is C44H50ClN7O7. The number of aromatic nitrogens is 1. The number of ether oxygens (including phenoxy) is 2. The fourth-order valence-electron chi connectivity index (χ4n) is 9.33.